The van der Waals surface area contributed by atoms with Crippen molar-refractivity contribution in [3.05, 3.63) is 40.7 Å². The van der Waals surface area contributed by atoms with Gasteiger partial charge in [-0.1, -0.05) is 0 Å². The van der Waals surface area contributed by atoms with Crippen molar-refractivity contribution in [2.75, 3.05) is 0 Å². The first-order valence-corrected chi connectivity index (χ1v) is 4.52. The van der Waals surface area contributed by atoms with Crippen LogP contribution < -0.4 is 0 Å². The number of carbonyl (C=O) groups excluding carboxylic acids is 1. The molecule has 3 nitrogen and oxygen atoms in total. The second-order valence-corrected chi connectivity index (χ2v) is 3.31. The van der Waals surface area contributed by atoms with Crippen LogP contribution in [0.1, 0.15) is 12.0 Å². The number of carboxylic acids is 1. The number of hydrogen-bond acceptors (Lipinski definition) is 2. The fraction of sp³-hybridized carbons (Fsp3) is 0.182. The van der Waals surface area contributed by atoms with Crippen molar-refractivity contribution < 1.29 is 27.9 Å². The summed E-state index contributed by atoms with van der Waals surface area (Å²) in [5, 5.41) is 8.43. The molecule has 0 aliphatic carbocycles. The van der Waals surface area contributed by atoms with E-state index < -0.39 is 36.3 Å². The highest BCUT2D eigenvalue weighted by atomic mass is 19.2. The zero-order valence-electron chi connectivity index (χ0n) is 8.47. The smallest absolute Gasteiger partial charge is 0.308 e. The Morgan fingerprint density at radius 1 is 1.18 bits per heavy atom. The van der Waals surface area contributed by atoms with Crippen molar-refractivity contribution in [1.82, 2.24) is 0 Å². The summed E-state index contributed by atoms with van der Waals surface area (Å²) in [5.74, 6) is -3.59. The molecule has 0 amide bonds. The quantitative estimate of drug-likeness (QED) is 0.649. The van der Waals surface area contributed by atoms with Crippen LogP contribution in [0.4, 0.5) is 13.2 Å². The fourth-order valence-corrected chi connectivity index (χ4v) is 1.25. The molecule has 1 rings (SSSR count). The van der Waals surface area contributed by atoms with Gasteiger partial charge < -0.3 is 5.11 Å². The van der Waals surface area contributed by atoms with Gasteiger partial charge >= 0.3 is 5.97 Å². The highest BCUT2D eigenvalue weighted by Gasteiger charge is 2.13. The number of carboxylic acid groups (broad SMARTS) is 1. The largest absolute Gasteiger partial charge is 0.481 e. The molecular formula is C11H7F3O3. The van der Waals surface area contributed by atoms with E-state index in [1.54, 1.807) is 0 Å². The van der Waals surface area contributed by atoms with Gasteiger partial charge in [0.2, 0.25) is 0 Å². The Balaban J connectivity index is 2.98. The number of hydrogen-bond donors (Lipinski definition) is 1. The Morgan fingerprint density at radius 3 is 2.29 bits per heavy atom. The number of rotatable bonds is 4. The van der Waals surface area contributed by atoms with E-state index in [4.69, 9.17) is 5.11 Å². The van der Waals surface area contributed by atoms with Crippen molar-refractivity contribution >= 4 is 11.9 Å². The minimum atomic E-state index is -1.35. The van der Waals surface area contributed by atoms with E-state index in [1.807, 2.05) is 0 Å². The van der Waals surface area contributed by atoms with Crippen LogP contribution >= 0.6 is 0 Å². The van der Waals surface area contributed by atoms with Crippen LogP contribution in [-0.2, 0) is 16.0 Å². The molecule has 0 fully saturated rings. The van der Waals surface area contributed by atoms with E-state index in [-0.39, 0.29) is 11.1 Å². The van der Waals surface area contributed by atoms with Crippen LogP contribution in [0.25, 0.3) is 0 Å². The van der Waals surface area contributed by atoms with Gasteiger partial charge in [-0.3, -0.25) is 4.79 Å². The van der Waals surface area contributed by atoms with Crippen LogP contribution in [0.2, 0.25) is 0 Å². The van der Waals surface area contributed by atoms with Gasteiger partial charge in [0.15, 0.2) is 11.6 Å². The summed E-state index contributed by atoms with van der Waals surface area (Å²) in [5.41, 5.74) is -0.536. The van der Waals surface area contributed by atoms with Gasteiger partial charge in [-0.05, 0) is 11.6 Å². The molecule has 0 aromatic heterocycles. The third-order valence-electron chi connectivity index (χ3n) is 2.00. The summed E-state index contributed by atoms with van der Waals surface area (Å²) in [6.45, 7) is 0. The second-order valence-electron chi connectivity index (χ2n) is 3.31. The van der Waals surface area contributed by atoms with Crippen LogP contribution in [0, 0.1) is 17.5 Å². The normalized spacial score (nSPS) is 9.82. The first kappa shape index (κ1) is 13.0. The number of aliphatic carboxylic acids is 1. The Morgan fingerprint density at radius 2 is 1.76 bits per heavy atom. The molecule has 0 unspecified atom stereocenters. The summed E-state index contributed by atoms with van der Waals surface area (Å²) in [7, 11) is 0. The van der Waals surface area contributed by atoms with Gasteiger partial charge in [-0.25, -0.2) is 18.0 Å². The lowest BCUT2D eigenvalue weighted by atomic mass is 10.0. The third kappa shape index (κ3) is 3.46. The van der Waals surface area contributed by atoms with E-state index in [1.165, 1.54) is 5.94 Å². The van der Waals surface area contributed by atoms with E-state index in [9.17, 15) is 22.8 Å². The van der Waals surface area contributed by atoms with Crippen molar-refractivity contribution in [3.63, 3.8) is 0 Å². The predicted octanol–water partition coefficient (Wildman–Crippen LogP) is 1.88. The molecule has 1 N–H and O–H groups in total. The molecule has 0 saturated carbocycles. The van der Waals surface area contributed by atoms with Crippen molar-refractivity contribution in [2.45, 2.75) is 12.8 Å². The lowest BCUT2D eigenvalue weighted by Gasteiger charge is -2.04. The molecule has 0 bridgehead atoms. The summed E-state index contributed by atoms with van der Waals surface area (Å²) in [4.78, 5) is 20.7. The zero-order valence-corrected chi connectivity index (χ0v) is 8.47. The van der Waals surface area contributed by atoms with Gasteiger partial charge in [0.25, 0.3) is 0 Å². The Labute approximate surface area is 94.2 Å². The Hall–Kier alpha value is -2.07. The summed E-state index contributed by atoms with van der Waals surface area (Å²) in [6.07, 6.45) is -1.04. The molecule has 0 saturated heterocycles. The minimum absolute atomic E-state index is 0.248. The summed E-state index contributed by atoms with van der Waals surface area (Å²) >= 11 is 0. The van der Waals surface area contributed by atoms with Crippen molar-refractivity contribution in [1.29, 1.82) is 0 Å². The third-order valence-corrected chi connectivity index (χ3v) is 2.00. The molecule has 90 valence electrons. The van der Waals surface area contributed by atoms with Gasteiger partial charge in [0.1, 0.15) is 11.8 Å². The maximum Gasteiger partial charge on any atom is 0.308 e. The second kappa shape index (κ2) is 5.32. The molecule has 0 heterocycles. The molecule has 0 radical (unpaired) electrons. The molecule has 0 atom stereocenters. The van der Waals surface area contributed by atoms with Crippen molar-refractivity contribution in [3.8, 4) is 0 Å². The fourth-order valence-electron chi connectivity index (χ4n) is 1.25. The van der Waals surface area contributed by atoms with Gasteiger partial charge in [0.05, 0.1) is 6.42 Å². The average molecular weight is 244 g/mol. The monoisotopic (exact) mass is 244 g/mol. The summed E-state index contributed by atoms with van der Waals surface area (Å²) in [6, 6.07) is 0.928. The molecule has 6 heteroatoms. The molecule has 0 aliphatic heterocycles. The van der Waals surface area contributed by atoms with Crippen LogP contribution in [0.5, 0.6) is 0 Å². The first-order valence-electron chi connectivity index (χ1n) is 4.52. The lowest BCUT2D eigenvalue weighted by molar-refractivity contribution is -0.136. The van der Waals surface area contributed by atoms with Crippen LogP contribution in [0.3, 0.4) is 0 Å². The Kier molecular flexibility index (Phi) is 4.06. The van der Waals surface area contributed by atoms with Gasteiger partial charge in [0, 0.05) is 18.1 Å². The van der Waals surface area contributed by atoms with Crippen molar-refractivity contribution in [2.24, 2.45) is 0 Å². The zero-order chi connectivity index (χ0) is 13.0. The molecule has 1 aromatic carbocycles. The number of carbonyl (C=O) groups is 1. The average Bonchev–Trinajstić information content (AvgIpc) is 2.24. The van der Waals surface area contributed by atoms with Crippen LogP contribution in [0.15, 0.2) is 17.7 Å². The first-order chi connectivity index (χ1) is 7.93. The van der Waals surface area contributed by atoms with E-state index in [0.717, 1.165) is 0 Å². The van der Waals surface area contributed by atoms with Crippen LogP contribution in [-0.4, -0.2) is 17.0 Å². The topological polar surface area (TPSA) is 54.4 Å². The molecular weight excluding hydrogens is 237 g/mol. The lowest BCUT2D eigenvalue weighted by Crippen LogP contribution is -2.03. The number of benzene rings is 1. The Bertz CT molecular complexity index is 505. The minimum Gasteiger partial charge on any atom is -0.481 e. The maximum atomic E-state index is 13.2. The van der Waals surface area contributed by atoms with Gasteiger partial charge in [-0.2, -0.15) is 0 Å². The molecule has 17 heavy (non-hydrogen) atoms. The molecule has 0 aliphatic rings. The molecule has 1 aromatic rings. The maximum absolute atomic E-state index is 13.2. The standard InChI is InChI=1S/C11H7F3O3/c12-8-4-10(14)9(13)3-7(8)1-6(5-15)2-11(16)17/h3-4H,1-2H2,(H,16,17). The van der Waals surface area contributed by atoms with Gasteiger partial charge in [-0.15, -0.1) is 0 Å². The SMILES string of the molecule is O=C=C(CC(=O)O)Cc1cc(F)c(F)cc1F. The highest BCUT2D eigenvalue weighted by molar-refractivity contribution is 5.74. The highest BCUT2D eigenvalue weighted by Crippen LogP contribution is 2.17. The van der Waals surface area contributed by atoms with E-state index in [2.05, 4.69) is 0 Å². The van der Waals surface area contributed by atoms with E-state index in [0.29, 0.717) is 12.1 Å². The van der Waals surface area contributed by atoms with E-state index >= 15 is 0 Å². The number of halogens is 3. The molecule has 0 spiro atoms. The summed E-state index contributed by atoms with van der Waals surface area (Å²) < 4.78 is 38.6. The predicted molar refractivity (Wildman–Crippen MR) is 51.5 cm³/mol.